The maximum atomic E-state index is 5.94. The van der Waals surface area contributed by atoms with Gasteiger partial charge in [0.2, 0.25) is 0 Å². The van der Waals surface area contributed by atoms with Gasteiger partial charge in [-0.3, -0.25) is 0 Å². The van der Waals surface area contributed by atoms with Gasteiger partial charge < -0.3 is 14.0 Å². The van der Waals surface area contributed by atoms with Crippen LogP contribution in [0.15, 0.2) is 72.8 Å². The van der Waals surface area contributed by atoms with E-state index in [4.69, 9.17) is 14.5 Å². The molecule has 1 unspecified atom stereocenters. The summed E-state index contributed by atoms with van der Waals surface area (Å²) in [5.74, 6) is 3.70. The molecule has 4 aromatic rings. The minimum absolute atomic E-state index is 0.230. The molecule has 1 heterocycles. The number of nitrogens with zero attached hydrogens (tertiary/aromatic N) is 2. The molecule has 0 aliphatic heterocycles. The minimum Gasteiger partial charge on any atom is -0.497 e. The third kappa shape index (κ3) is 5.80. The Hall–Kier alpha value is -3.27. The molecule has 1 aromatic heterocycles. The second kappa shape index (κ2) is 11.2. The molecule has 0 saturated heterocycles. The van der Waals surface area contributed by atoms with Crippen LogP contribution >= 0.6 is 0 Å². The lowest BCUT2D eigenvalue weighted by Gasteiger charge is -2.16. The van der Waals surface area contributed by atoms with Crippen molar-refractivity contribution in [2.24, 2.45) is 5.92 Å². The molecule has 0 N–H and O–H groups in total. The Balaban J connectivity index is 1.44. The number of ether oxygens (including phenoxy) is 2. The van der Waals surface area contributed by atoms with E-state index in [1.165, 1.54) is 16.6 Å². The largest absolute Gasteiger partial charge is 0.497 e. The van der Waals surface area contributed by atoms with Gasteiger partial charge in [-0.1, -0.05) is 63.2 Å². The molecule has 0 fully saturated rings. The van der Waals surface area contributed by atoms with Crippen LogP contribution in [-0.4, -0.2) is 23.3 Å². The van der Waals surface area contributed by atoms with Gasteiger partial charge in [0.05, 0.1) is 24.8 Å². The highest BCUT2D eigenvalue weighted by molar-refractivity contribution is 5.76. The van der Waals surface area contributed by atoms with Crippen LogP contribution in [0.4, 0.5) is 0 Å². The van der Waals surface area contributed by atoms with Crippen molar-refractivity contribution in [1.82, 2.24) is 9.55 Å². The molecule has 0 bridgehead atoms. The van der Waals surface area contributed by atoms with Crippen LogP contribution in [0.3, 0.4) is 0 Å². The first-order chi connectivity index (χ1) is 16.5. The summed E-state index contributed by atoms with van der Waals surface area (Å²) in [6, 6.07) is 25.3. The zero-order chi connectivity index (χ0) is 23.9. The van der Waals surface area contributed by atoms with Crippen molar-refractivity contribution in [3.8, 4) is 11.5 Å². The standard InChI is InChI=1S/C30H36N2O2/c1-22(2)20-24-14-16-25(17-15-24)23(3)30-31-28-12-5-6-13-29(28)32(30)18-7-8-19-34-27-11-9-10-26(21-27)33-4/h5-6,9-17,21-23H,7-8,18-20H2,1-4H3. The number of imidazole rings is 1. The molecule has 4 heteroatoms. The first-order valence-electron chi connectivity index (χ1n) is 12.4. The van der Waals surface area contributed by atoms with Crippen LogP contribution in [0, 0.1) is 5.92 Å². The first-order valence-corrected chi connectivity index (χ1v) is 12.4. The number of hydrogen-bond acceptors (Lipinski definition) is 3. The number of methoxy groups -OCH3 is 1. The number of rotatable bonds is 11. The van der Waals surface area contributed by atoms with Gasteiger partial charge in [-0.05, 0) is 60.6 Å². The zero-order valence-electron chi connectivity index (χ0n) is 20.8. The summed E-state index contributed by atoms with van der Waals surface area (Å²) >= 11 is 0. The number of aromatic nitrogens is 2. The summed E-state index contributed by atoms with van der Waals surface area (Å²) in [6.07, 6.45) is 3.11. The number of para-hydroxylation sites is 2. The molecule has 34 heavy (non-hydrogen) atoms. The lowest BCUT2D eigenvalue weighted by Crippen LogP contribution is -2.10. The van der Waals surface area contributed by atoms with Gasteiger partial charge in [0.25, 0.3) is 0 Å². The fourth-order valence-electron chi connectivity index (χ4n) is 4.48. The highest BCUT2D eigenvalue weighted by Gasteiger charge is 2.18. The van der Waals surface area contributed by atoms with Crippen molar-refractivity contribution in [2.75, 3.05) is 13.7 Å². The van der Waals surface area contributed by atoms with E-state index in [0.29, 0.717) is 12.5 Å². The molecule has 4 nitrogen and oxygen atoms in total. The molecule has 0 amide bonds. The fourth-order valence-corrected chi connectivity index (χ4v) is 4.48. The van der Waals surface area contributed by atoms with Gasteiger partial charge >= 0.3 is 0 Å². The molecule has 0 spiro atoms. The van der Waals surface area contributed by atoms with Crippen molar-refractivity contribution < 1.29 is 9.47 Å². The van der Waals surface area contributed by atoms with Crippen molar-refractivity contribution >= 4 is 11.0 Å². The van der Waals surface area contributed by atoms with E-state index in [1.54, 1.807) is 7.11 Å². The summed E-state index contributed by atoms with van der Waals surface area (Å²) < 4.78 is 13.6. The van der Waals surface area contributed by atoms with Crippen molar-refractivity contribution in [1.29, 1.82) is 0 Å². The van der Waals surface area contributed by atoms with Crippen LogP contribution in [0.5, 0.6) is 11.5 Å². The lowest BCUT2D eigenvalue weighted by atomic mass is 9.96. The predicted octanol–water partition coefficient (Wildman–Crippen LogP) is 7.25. The van der Waals surface area contributed by atoms with Crippen LogP contribution in [-0.2, 0) is 13.0 Å². The van der Waals surface area contributed by atoms with Crippen LogP contribution in [0.1, 0.15) is 56.5 Å². The van der Waals surface area contributed by atoms with Gasteiger partial charge in [0.15, 0.2) is 0 Å². The van der Waals surface area contributed by atoms with Gasteiger partial charge in [-0.15, -0.1) is 0 Å². The summed E-state index contributed by atoms with van der Waals surface area (Å²) in [6.45, 7) is 8.40. The van der Waals surface area contributed by atoms with Gasteiger partial charge in [0.1, 0.15) is 17.3 Å². The predicted molar refractivity (Wildman–Crippen MR) is 140 cm³/mol. The molecule has 3 aromatic carbocycles. The van der Waals surface area contributed by atoms with E-state index < -0.39 is 0 Å². The van der Waals surface area contributed by atoms with Gasteiger partial charge in [0, 0.05) is 18.5 Å². The summed E-state index contributed by atoms with van der Waals surface area (Å²) in [5.41, 5.74) is 4.98. The van der Waals surface area contributed by atoms with E-state index >= 15 is 0 Å². The zero-order valence-corrected chi connectivity index (χ0v) is 20.8. The molecular weight excluding hydrogens is 420 g/mol. The number of fused-ring (bicyclic) bond motifs is 1. The number of aryl methyl sites for hydroxylation is 1. The number of unbranched alkanes of at least 4 members (excludes halogenated alkanes) is 1. The average molecular weight is 457 g/mol. The quantitative estimate of drug-likeness (QED) is 0.223. The van der Waals surface area contributed by atoms with E-state index in [1.807, 2.05) is 24.3 Å². The maximum absolute atomic E-state index is 5.94. The van der Waals surface area contributed by atoms with Crippen molar-refractivity contribution in [2.45, 2.75) is 52.5 Å². The maximum Gasteiger partial charge on any atom is 0.122 e. The molecule has 178 valence electrons. The van der Waals surface area contributed by atoms with E-state index in [2.05, 4.69) is 73.9 Å². The number of benzene rings is 3. The minimum atomic E-state index is 0.230. The Bertz CT molecular complexity index is 1190. The molecule has 4 rings (SSSR count). The van der Waals surface area contributed by atoms with Crippen LogP contribution < -0.4 is 9.47 Å². The lowest BCUT2D eigenvalue weighted by molar-refractivity contribution is 0.301. The monoisotopic (exact) mass is 456 g/mol. The second-order valence-corrected chi connectivity index (χ2v) is 9.41. The summed E-state index contributed by atoms with van der Waals surface area (Å²) in [4.78, 5) is 5.04. The van der Waals surface area contributed by atoms with E-state index in [9.17, 15) is 0 Å². The third-order valence-corrected chi connectivity index (χ3v) is 6.28. The number of hydrogen-bond donors (Lipinski definition) is 0. The fraction of sp³-hybridized carbons (Fsp3) is 0.367. The molecule has 0 saturated carbocycles. The topological polar surface area (TPSA) is 36.3 Å². The Morgan fingerprint density at radius 1 is 0.853 bits per heavy atom. The third-order valence-electron chi connectivity index (χ3n) is 6.28. The van der Waals surface area contributed by atoms with Crippen LogP contribution in [0.25, 0.3) is 11.0 Å². The van der Waals surface area contributed by atoms with Crippen LogP contribution in [0.2, 0.25) is 0 Å². The van der Waals surface area contributed by atoms with Crippen molar-refractivity contribution in [3.63, 3.8) is 0 Å². The molecular formula is C30H36N2O2. The van der Waals surface area contributed by atoms with E-state index in [-0.39, 0.29) is 5.92 Å². The normalized spacial score (nSPS) is 12.3. The molecule has 0 radical (unpaired) electrons. The van der Waals surface area contributed by atoms with Gasteiger partial charge in [-0.2, -0.15) is 0 Å². The molecule has 1 atom stereocenters. The Morgan fingerprint density at radius 3 is 2.38 bits per heavy atom. The smallest absolute Gasteiger partial charge is 0.122 e. The van der Waals surface area contributed by atoms with Gasteiger partial charge in [-0.25, -0.2) is 4.98 Å². The summed E-state index contributed by atoms with van der Waals surface area (Å²) in [7, 11) is 1.67. The average Bonchev–Trinajstić information content (AvgIpc) is 3.22. The highest BCUT2D eigenvalue weighted by atomic mass is 16.5. The second-order valence-electron chi connectivity index (χ2n) is 9.41. The SMILES string of the molecule is COc1cccc(OCCCCn2c(C(C)c3ccc(CC(C)C)cc3)nc3ccccc32)c1. The Labute approximate surface area is 203 Å². The van der Waals surface area contributed by atoms with Crippen molar-refractivity contribution in [3.05, 3.63) is 89.7 Å². The molecule has 0 aliphatic carbocycles. The summed E-state index contributed by atoms with van der Waals surface area (Å²) in [5, 5.41) is 0. The van der Waals surface area contributed by atoms with E-state index in [0.717, 1.165) is 48.6 Å². The first kappa shape index (κ1) is 23.9. The molecule has 0 aliphatic rings. The Morgan fingerprint density at radius 2 is 1.62 bits per heavy atom. The Kier molecular flexibility index (Phi) is 7.89. The highest BCUT2D eigenvalue weighted by Crippen LogP contribution is 2.28.